The lowest BCUT2D eigenvalue weighted by molar-refractivity contribution is -0.129. The molecule has 6 nitrogen and oxygen atoms in total. The van der Waals surface area contributed by atoms with E-state index in [2.05, 4.69) is 62.6 Å². The number of nitrogens with one attached hydrogen (secondary N) is 2. The van der Waals surface area contributed by atoms with E-state index in [4.69, 9.17) is 9.73 Å². The average molecular weight is 516 g/mol. The summed E-state index contributed by atoms with van der Waals surface area (Å²) < 4.78 is 5.87. The molecule has 0 radical (unpaired) electrons. The highest BCUT2D eigenvalue weighted by molar-refractivity contribution is 14.0. The van der Waals surface area contributed by atoms with Gasteiger partial charge < -0.3 is 20.3 Å². The number of ether oxygens (including phenoxy) is 1. The summed E-state index contributed by atoms with van der Waals surface area (Å²) in [5.74, 6) is 1.02. The van der Waals surface area contributed by atoms with Crippen LogP contribution in [0.4, 0.5) is 0 Å². The second-order valence-electron chi connectivity index (χ2n) is 8.24. The van der Waals surface area contributed by atoms with E-state index in [-0.39, 0.29) is 41.5 Å². The van der Waals surface area contributed by atoms with Gasteiger partial charge in [-0.25, -0.2) is 4.99 Å². The molecule has 0 aromatic heterocycles. The van der Waals surface area contributed by atoms with Crippen molar-refractivity contribution in [2.45, 2.75) is 72.3 Å². The number of amides is 1. The number of halogens is 1. The van der Waals surface area contributed by atoms with E-state index in [9.17, 15) is 4.79 Å². The van der Waals surface area contributed by atoms with E-state index in [0.29, 0.717) is 19.6 Å². The van der Waals surface area contributed by atoms with Crippen LogP contribution in [0.2, 0.25) is 0 Å². The van der Waals surface area contributed by atoms with Crippen LogP contribution in [-0.2, 0) is 22.7 Å². The molecule has 29 heavy (non-hydrogen) atoms. The fourth-order valence-corrected chi connectivity index (χ4v) is 3.13. The first kappa shape index (κ1) is 25.7. The summed E-state index contributed by atoms with van der Waals surface area (Å²) in [6.07, 6.45) is 1.52. The molecule has 0 saturated carbocycles. The van der Waals surface area contributed by atoms with Gasteiger partial charge in [-0.3, -0.25) is 4.79 Å². The van der Waals surface area contributed by atoms with Crippen LogP contribution < -0.4 is 10.6 Å². The smallest absolute Gasteiger partial charge is 0.222 e. The maximum atomic E-state index is 11.9. The number of guanidine groups is 1. The van der Waals surface area contributed by atoms with Crippen LogP contribution in [0.1, 0.15) is 58.6 Å². The number of hydrogen-bond acceptors (Lipinski definition) is 3. The molecule has 0 aliphatic carbocycles. The highest BCUT2D eigenvalue weighted by atomic mass is 127. The van der Waals surface area contributed by atoms with Crippen LogP contribution >= 0.6 is 24.0 Å². The van der Waals surface area contributed by atoms with E-state index in [1.807, 2.05) is 11.8 Å². The third-order valence-corrected chi connectivity index (χ3v) is 4.61. The second kappa shape index (κ2) is 12.4. The molecule has 7 heteroatoms. The van der Waals surface area contributed by atoms with Crippen molar-refractivity contribution in [3.63, 3.8) is 0 Å². The number of carbonyl (C=O) groups excluding carboxylic acids is 1. The summed E-state index contributed by atoms with van der Waals surface area (Å²) in [5.41, 5.74) is 2.16. The van der Waals surface area contributed by atoms with Crippen LogP contribution in [0, 0.1) is 0 Å². The zero-order valence-corrected chi connectivity index (χ0v) is 20.8. The maximum absolute atomic E-state index is 11.9. The minimum absolute atomic E-state index is 0. The normalized spacial score (nSPS) is 17.1. The Morgan fingerprint density at radius 3 is 2.66 bits per heavy atom. The zero-order valence-electron chi connectivity index (χ0n) is 18.5. The SMILES string of the molecule is CCNC(=NCc1cccc(COC(C)(C)C)c1)NC1CCN(C(=O)CC)C1.I. The van der Waals surface area contributed by atoms with Gasteiger partial charge in [0.2, 0.25) is 5.91 Å². The number of hydrogen-bond donors (Lipinski definition) is 2. The van der Waals surface area contributed by atoms with Crippen LogP contribution in [-0.4, -0.2) is 48.0 Å². The predicted octanol–water partition coefficient (Wildman–Crippen LogP) is 3.69. The van der Waals surface area contributed by atoms with E-state index >= 15 is 0 Å². The van der Waals surface area contributed by atoms with Crippen LogP contribution in [0.3, 0.4) is 0 Å². The lowest BCUT2D eigenvalue weighted by Crippen LogP contribution is -2.45. The molecule has 1 aromatic carbocycles. The van der Waals surface area contributed by atoms with Gasteiger partial charge in [0, 0.05) is 32.1 Å². The van der Waals surface area contributed by atoms with E-state index in [0.717, 1.165) is 43.1 Å². The van der Waals surface area contributed by atoms with E-state index in [1.165, 1.54) is 0 Å². The topological polar surface area (TPSA) is 66.0 Å². The lowest BCUT2D eigenvalue weighted by Gasteiger charge is -2.20. The van der Waals surface area contributed by atoms with E-state index in [1.54, 1.807) is 0 Å². The zero-order chi connectivity index (χ0) is 20.6. The predicted molar refractivity (Wildman–Crippen MR) is 130 cm³/mol. The molecule has 0 spiro atoms. The Balaban J connectivity index is 0.00000420. The number of rotatable bonds is 7. The summed E-state index contributed by atoms with van der Waals surface area (Å²) in [6.45, 7) is 13.7. The Bertz CT molecular complexity index is 673. The number of carbonyl (C=O) groups is 1. The largest absolute Gasteiger partial charge is 0.371 e. The number of aliphatic imine (C=N–C) groups is 1. The third-order valence-electron chi connectivity index (χ3n) is 4.61. The summed E-state index contributed by atoms with van der Waals surface area (Å²) >= 11 is 0. The summed E-state index contributed by atoms with van der Waals surface area (Å²) in [4.78, 5) is 18.5. The quantitative estimate of drug-likeness (QED) is 0.330. The third kappa shape index (κ3) is 9.33. The second-order valence-corrected chi connectivity index (χ2v) is 8.24. The molecule has 1 unspecified atom stereocenters. The fraction of sp³-hybridized carbons (Fsp3) is 0.636. The Hall–Kier alpha value is -1.35. The monoisotopic (exact) mass is 516 g/mol. The van der Waals surface area contributed by atoms with Gasteiger partial charge in [-0.15, -0.1) is 24.0 Å². The fourth-order valence-electron chi connectivity index (χ4n) is 3.13. The van der Waals surface area contributed by atoms with Gasteiger partial charge >= 0.3 is 0 Å². The molecular formula is C22H37IN4O2. The van der Waals surface area contributed by atoms with Crippen molar-refractivity contribution < 1.29 is 9.53 Å². The molecule has 2 rings (SSSR count). The molecule has 2 N–H and O–H groups in total. The van der Waals surface area contributed by atoms with Gasteiger partial charge in [-0.2, -0.15) is 0 Å². The standard InChI is InChI=1S/C22H36N4O2.HI/c1-6-20(27)26-12-11-19(15-26)25-21(23-7-2)24-14-17-9-8-10-18(13-17)16-28-22(3,4)5;/h8-10,13,19H,6-7,11-12,14-16H2,1-5H3,(H2,23,24,25);1H. The molecule has 1 aromatic rings. The Kier molecular flexibility index (Phi) is 11.0. The van der Waals surface area contributed by atoms with Crippen LogP contribution in [0.25, 0.3) is 0 Å². The van der Waals surface area contributed by atoms with E-state index < -0.39 is 0 Å². The van der Waals surface area contributed by atoms with Gasteiger partial charge in [-0.05, 0) is 45.2 Å². The first-order valence-corrected chi connectivity index (χ1v) is 10.3. The highest BCUT2D eigenvalue weighted by Crippen LogP contribution is 2.14. The van der Waals surface area contributed by atoms with Crippen molar-refractivity contribution in [1.82, 2.24) is 15.5 Å². The first-order valence-electron chi connectivity index (χ1n) is 10.3. The van der Waals surface area contributed by atoms with Crippen LogP contribution in [0.15, 0.2) is 29.3 Å². The van der Waals surface area contributed by atoms with Crippen molar-refractivity contribution >= 4 is 35.8 Å². The Morgan fingerprint density at radius 2 is 2.00 bits per heavy atom. The van der Waals surface area contributed by atoms with Crippen molar-refractivity contribution in [1.29, 1.82) is 0 Å². The molecule has 1 heterocycles. The van der Waals surface area contributed by atoms with Crippen molar-refractivity contribution in [2.24, 2.45) is 4.99 Å². The highest BCUT2D eigenvalue weighted by Gasteiger charge is 2.25. The summed E-state index contributed by atoms with van der Waals surface area (Å²) in [7, 11) is 0. The molecule has 1 aliphatic rings. The summed E-state index contributed by atoms with van der Waals surface area (Å²) in [5, 5.41) is 6.78. The van der Waals surface area contributed by atoms with Gasteiger partial charge in [0.05, 0.1) is 18.8 Å². The lowest BCUT2D eigenvalue weighted by atomic mass is 10.1. The van der Waals surface area contributed by atoms with Gasteiger partial charge in [0.1, 0.15) is 0 Å². The van der Waals surface area contributed by atoms with Crippen molar-refractivity contribution in [3.05, 3.63) is 35.4 Å². The molecule has 1 saturated heterocycles. The molecule has 0 bridgehead atoms. The Morgan fingerprint density at radius 1 is 1.28 bits per heavy atom. The van der Waals surface area contributed by atoms with Gasteiger partial charge in [0.25, 0.3) is 0 Å². The molecule has 1 amide bonds. The van der Waals surface area contributed by atoms with Gasteiger partial charge in [-0.1, -0.05) is 31.2 Å². The number of nitrogens with zero attached hydrogens (tertiary/aromatic N) is 2. The summed E-state index contributed by atoms with van der Waals surface area (Å²) in [6, 6.07) is 8.62. The maximum Gasteiger partial charge on any atom is 0.222 e. The molecular weight excluding hydrogens is 479 g/mol. The molecule has 1 fully saturated rings. The molecule has 1 atom stereocenters. The molecule has 1 aliphatic heterocycles. The van der Waals surface area contributed by atoms with Crippen molar-refractivity contribution in [2.75, 3.05) is 19.6 Å². The van der Waals surface area contributed by atoms with Crippen molar-refractivity contribution in [3.8, 4) is 0 Å². The van der Waals surface area contributed by atoms with Crippen LogP contribution in [0.5, 0.6) is 0 Å². The Labute approximate surface area is 192 Å². The minimum Gasteiger partial charge on any atom is -0.371 e. The molecule has 164 valence electrons. The average Bonchev–Trinajstić information content (AvgIpc) is 3.12. The minimum atomic E-state index is -0.148. The number of likely N-dealkylation sites (tertiary alicyclic amines) is 1. The first-order chi connectivity index (χ1) is 13.3. The number of benzene rings is 1. The van der Waals surface area contributed by atoms with Gasteiger partial charge in [0.15, 0.2) is 5.96 Å².